The molecule has 3 nitrogen and oxygen atoms in total. The summed E-state index contributed by atoms with van der Waals surface area (Å²) in [6.07, 6.45) is 0.514. The van der Waals surface area contributed by atoms with Crippen LogP contribution in [0.2, 0.25) is 0 Å². The molecule has 0 aliphatic heterocycles. The zero-order chi connectivity index (χ0) is 15.1. The molecule has 2 N–H and O–H groups in total. The van der Waals surface area contributed by atoms with Crippen molar-refractivity contribution in [3.05, 3.63) is 44.8 Å². The molecule has 114 valence electrons. The van der Waals surface area contributed by atoms with Gasteiger partial charge in [-0.05, 0) is 28.8 Å². The van der Waals surface area contributed by atoms with Gasteiger partial charge in [-0.25, -0.2) is 0 Å². The van der Waals surface area contributed by atoms with Gasteiger partial charge in [-0.3, -0.25) is 4.79 Å². The quantitative estimate of drug-likeness (QED) is 0.779. The van der Waals surface area contributed by atoms with Crippen LogP contribution in [-0.4, -0.2) is 19.0 Å². The van der Waals surface area contributed by atoms with E-state index in [0.29, 0.717) is 18.9 Å². The third-order valence-corrected chi connectivity index (χ3v) is 4.94. The summed E-state index contributed by atoms with van der Waals surface area (Å²) in [5, 5.41) is 10.6. The summed E-state index contributed by atoms with van der Waals surface area (Å²) in [6, 6.07) is 8.61. The first-order chi connectivity index (χ1) is 10.2. The summed E-state index contributed by atoms with van der Waals surface area (Å²) in [5.41, 5.74) is 0. The summed E-state index contributed by atoms with van der Waals surface area (Å²) in [6.45, 7) is 5.63. The van der Waals surface area contributed by atoms with Crippen molar-refractivity contribution in [2.24, 2.45) is 5.92 Å². The van der Waals surface area contributed by atoms with Crippen LogP contribution in [-0.2, 0) is 4.79 Å². The summed E-state index contributed by atoms with van der Waals surface area (Å²) in [7, 11) is 0. The Kier molecular flexibility index (Phi) is 6.42. The molecule has 2 heterocycles. The van der Waals surface area contributed by atoms with Crippen LogP contribution in [0.1, 0.15) is 36.1 Å². The van der Waals surface area contributed by atoms with E-state index in [0.717, 1.165) is 6.54 Å². The van der Waals surface area contributed by atoms with Crippen LogP contribution in [0.4, 0.5) is 0 Å². The lowest BCUT2D eigenvalue weighted by atomic mass is 10.2. The molecule has 5 heteroatoms. The Bertz CT molecular complexity index is 486. The Hall–Kier alpha value is -1.17. The topological polar surface area (TPSA) is 41.1 Å². The van der Waals surface area contributed by atoms with Gasteiger partial charge in [0.2, 0.25) is 5.91 Å². The van der Waals surface area contributed by atoms with E-state index in [9.17, 15) is 4.79 Å². The summed E-state index contributed by atoms with van der Waals surface area (Å²) < 4.78 is 0. The maximum absolute atomic E-state index is 11.8. The van der Waals surface area contributed by atoms with Crippen LogP contribution >= 0.6 is 22.7 Å². The van der Waals surface area contributed by atoms with E-state index in [1.807, 2.05) is 0 Å². The van der Waals surface area contributed by atoms with Crippen molar-refractivity contribution >= 4 is 28.6 Å². The van der Waals surface area contributed by atoms with Crippen molar-refractivity contribution < 1.29 is 4.79 Å². The predicted octanol–water partition coefficient (Wildman–Crippen LogP) is 3.65. The van der Waals surface area contributed by atoms with E-state index >= 15 is 0 Å². The van der Waals surface area contributed by atoms with E-state index in [1.54, 1.807) is 22.7 Å². The Balaban J connectivity index is 1.85. The van der Waals surface area contributed by atoms with Crippen molar-refractivity contribution in [1.82, 2.24) is 10.6 Å². The number of rotatable bonds is 8. The largest absolute Gasteiger partial charge is 0.356 e. The summed E-state index contributed by atoms with van der Waals surface area (Å²) in [5.74, 6) is 0.610. The SMILES string of the molecule is CC(C)CNC(=O)CCNC(c1cccs1)c1cccs1. The van der Waals surface area contributed by atoms with Crippen LogP contribution in [0.3, 0.4) is 0 Å². The summed E-state index contributed by atoms with van der Waals surface area (Å²) >= 11 is 3.49. The minimum atomic E-state index is 0.118. The molecule has 0 bridgehead atoms. The van der Waals surface area contributed by atoms with Crippen molar-refractivity contribution in [2.75, 3.05) is 13.1 Å². The number of amides is 1. The van der Waals surface area contributed by atoms with E-state index in [-0.39, 0.29) is 11.9 Å². The van der Waals surface area contributed by atoms with Gasteiger partial charge in [-0.15, -0.1) is 22.7 Å². The maximum Gasteiger partial charge on any atom is 0.221 e. The Morgan fingerprint density at radius 3 is 2.24 bits per heavy atom. The maximum atomic E-state index is 11.8. The number of carbonyl (C=O) groups excluding carboxylic acids is 1. The van der Waals surface area contributed by atoms with Gasteiger partial charge in [0, 0.05) is 29.3 Å². The Morgan fingerprint density at radius 2 is 1.76 bits per heavy atom. The molecule has 2 aromatic rings. The second-order valence-electron chi connectivity index (χ2n) is 5.37. The lowest BCUT2D eigenvalue weighted by Crippen LogP contribution is -2.31. The van der Waals surface area contributed by atoms with Gasteiger partial charge in [-0.2, -0.15) is 0 Å². The average molecular weight is 322 g/mol. The molecule has 0 aromatic carbocycles. The third kappa shape index (κ3) is 5.26. The summed E-state index contributed by atoms with van der Waals surface area (Å²) in [4.78, 5) is 14.3. The molecule has 21 heavy (non-hydrogen) atoms. The molecule has 0 aliphatic rings. The fourth-order valence-electron chi connectivity index (χ4n) is 1.99. The first kappa shape index (κ1) is 16.2. The highest BCUT2D eigenvalue weighted by Gasteiger charge is 2.15. The van der Waals surface area contributed by atoms with Crippen LogP contribution < -0.4 is 10.6 Å². The second-order valence-corrected chi connectivity index (χ2v) is 7.32. The van der Waals surface area contributed by atoms with Crippen molar-refractivity contribution in [3.63, 3.8) is 0 Å². The Labute approximate surface area is 134 Å². The molecule has 1 amide bonds. The van der Waals surface area contributed by atoms with Gasteiger partial charge in [0.15, 0.2) is 0 Å². The minimum absolute atomic E-state index is 0.118. The molecular weight excluding hydrogens is 300 g/mol. The highest BCUT2D eigenvalue weighted by atomic mass is 32.1. The van der Waals surface area contributed by atoms with Crippen LogP contribution in [0.5, 0.6) is 0 Å². The lowest BCUT2D eigenvalue weighted by Gasteiger charge is -2.16. The number of hydrogen-bond acceptors (Lipinski definition) is 4. The van der Waals surface area contributed by atoms with Crippen LogP contribution in [0, 0.1) is 5.92 Å². The van der Waals surface area contributed by atoms with E-state index in [4.69, 9.17) is 0 Å². The van der Waals surface area contributed by atoms with Crippen LogP contribution in [0.15, 0.2) is 35.0 Å². The number of thiophene rings is 2. The van der Waals surface area contributed by atoms with Crippen molar-refractivity contribution in [1.29, 1.82) is 0 Å². The number of carbonyl (C=O) groups is 1. The molecule has 0 unspecified atom stereocenters. The third-order valence-electron chi connectivity index (χ3n) is 3.06. The lowest BCUT2D eigenvalue weighted by molar-refractivity contribution is -0.121. The predicted molar refractivity (Wildman–Crippen MR) is 90.9 cm³/mol. The Morgan fingerprint density at radius 1 is 1.14 bits per heavy atom. The minimum Gasteiger partial charge on any atom is -0.356 e. The van der Waals surface area contributed by atoms with Gasteiger partial charge in [0.1, 0.15) is 0 Å². The molecule has 2 aromatic heterocycles. The molecule has 0 atom stereocenters. The molecule has 2 rings (SSSR count). The normalized spacial score (nSPS) is 11.2. The molecule has 0 saturated heterocycles. The molecule has 0 spiro atoms. The highest BCUT2D eigenvalue weighted by molar-refractivity contribution is 7.11. The standard InChI is InChI=1S/C16H22N2OS2/c1-12(2)11-18-15(19)7-8-17-16(13-5-3-9-20-13)14-6-4-10-21-14/h3-6,9-10,12,16-17H,7-8,11H2,1-2H3,(H,18,19). The molecule has 0 aliphatic carbocycles. The van der Waals surface area contributed by atoms with Gasteiger partial charge in [0.05, 0.1) is 6.04 Å². The molecular formula is C16H22N2OS2. The van der Waals surface area contributed by atoms with Gasteiger partial charge in [0.25, 0.3) is 0 Å². The first-order valence-electron chi connectivity index (χ1n) is 7.23. The average Bonchev–Trinajstić information content (AvgIpc) is 3.14. The number of hydrogen-bond donors (Lipinski definition) is 2. The highest BCUT2D eigenvalue weighted by Crippen LogP contribution is 2.28. The molecule has 0 fully saturated rings. The molecule has 0 radical (unpaired) electrons. The van der Waals surface area contributed by atoms with Gasteiger partial charge < -0.3 is 10.6 Å². The van der Waals surface area contributed by atoms with E-state index in [1.165, 1.54) is 9.75 Å². The smallest absolute Gasteiger partial charge is 0.221 e. The van der Waals surface area contributed by atoms with Crippen molar-refractivity contribution in [3.8, 4) is 0 Å². The van der Waals surface area contributed by atoms with Gasteiger partial charge >= 0.3 is 0 Å². The zero-order valence-electron chi connectivity index (χ0n) is 12.5. The fraction of sp³-hybridized carbons (Fsp3) is 0.438. The van der Waals surface area contributed by atoms with E-state index in [2.05, 4.69) is 59.5 Å². The zero-order valence-corrected chi connectivity index (χ0v) is 14.1. The molecule has 0 saturated carbocycles. The fourth-order valence-corrected chi connectivity index (χ4v) is 3.70. The van der Waals surface area contributed by atoms with Crippen LogP contribution in [0.25, 0.3) is 0 Å². The number of nitrogens with one attached hydrogen (secondary N) is 2. The monoisotopic (exact) mass is 322 g/mol. The first-order valence-corrected chi connectivity index (χ1v) is 8.99. The second kappa shape index (κ2) is 8.32. The van der Waals surface area contributed by atoms with Gasteiger partial charge in [-0.1, -0.05) is 26.0 Å². The van der Waals surface area contributed by atoms with Crippen molar-refractivity contribution in [2.45, 2.75) is 26.3 Å². The van der Waals surface area contributed by atoms with E-state index < -0.39 is 0 Å².